The van der Waals surface area contributed by atoms with Crippen molar-refractivity contribution in [3.8, 4) is 0 Å². The van der Waals surface area contributed by atoms with Crippen LogP contribution < -0.4 is 11.1 Å². The Morgan fingerprint density at radius 2 is 1.75 bits per heavy atom. The SMILES string of the molecule is NC(Cc1ccccc1F)C(O)Cc1ncccc1C(=O)Nc1ccccc1. The quantitative estimate of drug-likeness (QED) is 0.589. The van der Waals surface area contributed by atoms with E-state index in [4.69, 9.17) is 5.73 Å². The first-order valence-electron chi connectivity index (χ1n) is 9.02. The Balaban J connectivity index is 1.70. The Hall–Kier alpha value is -3.09. The summed E-state index contributed by atoms with van der Waals surface area (Å²) in [5.74, 6) is -0.671. The van der Waals surface area contributed by atoms with E-state index < -0.39 is 12.1 Å². The highest BCUT2D eigenvalue weighted by atomic mass is 19.1. The summed E-state index contributed by atoms with van der Waals surface area (Å²) in [6, 6.07) is 18.0. The van der Waals surface area contributed by atoms with Crippen molar-refractivity contribution in [3.63, 3.8) is 0 Å². The van der Waals surface area contributed by atoms with Gasteiger partial charge in [0.05, 0.1) is 17.4 Å². The zero-order chi connectivity index (χ0) is 19.9. The van der Waals surface area contributed by atoms with Crippen LogP contribution in [0.3, 0.4) is 0 Å². The lowest BCUT2D eigenvalue weighted by Gasteiger charge is -2.20. The molecule has 3 rings (SSSR count). The Morgan fingerprint density at radius 1 is 1.04 bits per heavy atom. The zero-order valence-corrected chi connectivity index (χ0v) is 15.3. The molecule has 0 radical (unpaired) electrons. The van der Waals surface area contributed by atoms with Crippen molar-refractivity contribution in [1.29, 1.82) is 0 Å². The molecule has 0 bridgehead atoms. The third-order valence-electron chi connectivity index (χ3n) is 4.48. The maximum Gasteiger partial charge on any atom is 0.257 e. The van der Waals surface area contributed by atoms with E-state index in [-0.39, 0.29) is 24.6 Å². The van der Waals surface area contributed by atoms with E-state index in [0.29, 0.717) is 22.5 Å². The molecule has 0 saturated heterocycles. The number of carbonyl (C=O) groups is 1. The third kappa shape index (κ3) is 5.00. The highest BCUT2D eigenvalue weighted by Gasteiger charge is 2.21. The summed E-state index contributed by atoms with van der Waals surface area (Å²) in [6.07, 6.45) is 0.863. The fraction of sp³-hybridized carbons (Fsp3) is 0.182. The zero-order valence-electron chi connectivity index (χ0n) is 15.3. The van der Waals surface area contributed by atoms with Crippen molar-refractivity contribution in [2.24, 2.45) is 5.73 Å². The fourth-order valence-electron chi connectivity index (χ4n) is 2.93. The molecule has 0 spiro atoms. The average Bonchev–Trinajstić information content (AvgIpc) is 2.70. The summed E-state index contributed by atoms with van der Waals surface area (Å²) in [7, 11) is 0. The van der Waals surface area contributed by atoms with Gasteiger partial charge >= 0.3 is 0 Å². The van der Waals surface area contributed by atoms with Gasteiger partial charge in [-0.1, -0.05) is 36.4 Å². The molecule has 6 heteroatoms. The van der Waals surface area contributed by atoms with Gasteiger partial charge in [-0.05, 0) is 42.3 Å². The van der Waals surface area contributed by atoms with Gasteiger partial charge in [0.1, 0.15) is 5.82 Å². The van der Waals surface area contributed by atoms with Crippen LogP contribution in [0.4, 0.5) is 10.1 Å². The highest BCUT2D eigenvalue weighted by molar-refractivity contribution is 6.05. The number of para-hydroxylation sites is 1. The molecule has 28 heavy (non-hydrogen) atoms. The van der Waals surface area contributed by atoms with E-state index in [9.17, 15) is 14.3 Å². The number of nitrogens with two attached hydrogens (primary N) is 1. The largest absolute Gasteiger partial charge is 0.391 e. The Kier molecular flexibility index (Phi) is 6.47. The topological polar surface area (TPSA) is 88.2 Å². The van der Waals surface area contributed by atoms with Gasteiger partial charge in [0, 0.05) is 24.3 Å². The van der Waals surface area contributed by atoms with E-state index >= 15 is 0 Å². The predicted octanol–water partition coefficient (Wildman–Crippen LogP) is 2.95. The van der Waals surface area contributed by atoms with Gasteiger partial charge in [0.15, 0.2) is 0 Å². The second-order valence-corrected chi connectivity index (χ2v) is 6.55. The Bertz CT molecular complexity index is 934. The number of nitrogens with one attached hydrogen (secondary N) is 1. The van der Waals surface area contributed by atoms with Crippen molar-refractivity contribution in [1.82, 2.24) is 4.98 Å². The number of pyridine rings is 1. The van der Waals surface area contributed by atoms with Gasteiger partial charge in [0.2, 0.25) is 0 Å². The maximum atomic E-state index is 13.8. The van der Waals surface area contributed by atoms with E-state index in [0.717, 1.165) is 0 Å². The summed E-state index contributed by atoms with van der Waals surface area (Å²) in [5, 5.41) is 13.3. The molecule has 0 fully saturated rings. The normalized spacial score (nSPS) is 13.0. The van der Waals surface area contributed by atoms with E-state index in [2.05, 4.69) is 10.3 Å². The number of aromatic nitrogens is 1. The second-order valence-electron chi connectivity index (χ2n) is 6.55. The van der Waals surface area contributed by atoms with Crippen LogP contribution in [0.25, 0.3) is 0 Å². The average molecular weight is 379 g/mol. The lowest BCUT2D eigenvalue weighted by Crippen LogP contribution is -2.38. The second kappa shape index (κ2) is 9.21. The molecule has 0 aliphatic heterocycles. The van der Waals surface area contributed by atoms with Crippen LogP contribution in [-0.2, 0) is 12.8 Å². The number of amides is 1. The minimum absolute atomic E-state index is 0.0913. The minimum atomic E-state index is -0.974. The number of halogens is 1. The summed E-state index contributed by atoms with van der Waals surface area (Å²) < 4.78 is 13.8. The van der Waals surface area contributed by atoms with E-state index in [1.807, 2.05) is 18.2 Å². The van der Waals surface area contributed by atoms with Gasteiger partial charge in [-0.3, -0.25) is 9.78 Å². The number of hydrogen-bond donors (Lipinski definition) is 3. The van der Waals surface area contributed by atoms with Crippen LogP contribution >= 0.6 is 0 Å². The van der Waals surface area contributed by atoms with Gasteiger partial charge in [-0.15, -0.1) is 0 Å². The number of aliphatic hydroxyl groups is 1. The lowest BCUT2D eigenvalue weighted by atomic mass is 9.97. The standard InChI is InChI=1S/C22H22FN3O2/c23-18-11-5-4-7-15(18)13-19(24)21(27)14-20-17(10-6-12-25-20)22(28)26-16-8-2-1-3-9-16/h1-12,19,21,27H,13-14,24H2,(H,26,28). The molecule has 1 heterocycles. The number of aliphatic hydroxyl groups excluding tert-OH is 1. The van der Waals surface area contributed by atoms with Crippen LogP contribution in [-0.4, -0.2) is 28.1 Å². The molecular weight excluding hydrogens is 357 g/mol. The molecular formula is C22H22FN3O2. The fourth-order valence-corrected chi connectivity index (χ4v) is 2.93. The summed E-state index contributed by atoms with van der Waals surface area (Å²) in [4.78, 5) is 16.8. The summed E-state index contributed by atoms with van der Waals surface area (Å²) in [6.45, 7) is 0. The van der Waals surface area contributed by atoms with Gasteiger partial charge in [0.25, 0.3) is 5.91 Å². The third-order valence-corrected chi connectivity index (χ3v) is 4.48. The molecule has 0 saturated carbocycles. The van der Waals surface area contributed by atoms with E-state index in [1.54, 1.807) is 48.7 Å². The molecule has 2 aromatic carbocycles. The molecule has 1 amide bonds. The first-order chi connectivity index (χ1) is 13.5. The Morgan fingerprint density at radius 3 is 2.50 bits per heavy atom. The van der Waals surface area contributed by atoms with Crippen molar-refractivity contribution in [2.75, 3.05) is 5.32 Å². The molecule has 0 aliphatic rings. The van der Waals surface area contributed by atoms with Crippen molar-refractivity contribution < 1.29 is 14.3 Å². The number of hydrogen-bond acceptors (Lipinski definition) is 4. The number of anilines is 1. The monoisotopic (exact) mass is 379 g/mol. The predicted molar refractivity (Wildman–Crippen MR) is 106 cm³/mol. The number of rotatable bonds is 7. The number of carbonyl (C=O) groups excluding carboxylic acids is 1. The molecule has 2 unspecified atom stereocenters. The minimum Gasteiger partial charge on any atom is -0.391 e. The Labute approximate surface area is 163 Å². The van der Waals surface area contributed by atoms with Crippen LogP contribution in [0.5, 0.6) is 0 Å². The van der Waals surface area contributed by atoms with Crippen LogP contribution in [0.2, 0.25) is 0 Å². The van der Waals surface area contributed by atoms with E-state index in [1.165, 1.54) is 6.07 Å². The molecule has 144 valence electrons. The van der Waals surface area contributed by atoms with Crippen LogP contribution in [0, 0.1) is 5.82 Å². The van der Waals surface area contributed by atoms with Gasteiger partial charge < -0.3 is 16.2 Å². The number of nitrogens with zero attached hydrogens (tertiary/aromatic N) is 1. The first-order valence-corrected chi connectivity index (χ1v) is 9.02. The molecule has 4 N–H and O–H groups in total. The summed E-state index contributed by atoms with van der Waals surface area (Å²) in [5.41, 5.74) is 7.98. The molecule has 2 atom stereocenters. The highest BCUT2D eigenvalue weighted by Crippen LogP contribution is 2.15. The maximum absolute atomic E-state index is 13.8. The van der Waals surface area contributed by atoms with Gasteiger partial charge in [-0.2, -0.15) is 0 Å². The molecule has 0 aliphatic carbocycles. The van der Waals surface area contributed by atoms with Crippen molar-refractivity contribution in [2.45, 2.75) is 25.0 Å². The van der Waals surface area contributed by atoms with Gasteiger partial charge in [-0.25, -0.2) is 4.39 Å². The summed E-state index contributed by atoms with van der Waals surface area (Å²) >= 11 is 0. The van der Waals surface area contributed by atoms with Crippen molar-refractivity contribution in [3.05, 3.63) is 95.6 Å². The van der Waals surface area contributed by atoms with Crippen molar-refractivity contribution >= 4 is 11.6 Å². The first kappa shape index (κ1) is 19.7. The lowest BCUT2D eigenvalue weighted by molar-refractivity contribution is 0.102. The van der Waals surface area contributed by atoms with Crippen LogP contribution in [0.15, 0.2) is 72.9 Å². The smallest absolute Gasteiger partial charge is 0.257 e. The van der Waals surface area contributed by atoms with Crippen LogP contribution in [0.1, 0.15) is 21.6 Å². The molecule has 1 aromatic heterocycles. The molecule has 3 aromatic rings. The number of benzene rings is 2. The molecule has 5 nitrogen and oxygen atoms in total.